The second-order valence-electron chi connectivity index (χ2n) is 9.03. The first-order valence-electron chi connectivity index (χ1n) is 11.8. The first-order chi connectivity index (χ1) is 15.5. The molecule has 2 fully saturated rings. The Kier molecular flexibility index (Phi) is 7.69. The highest BCUT2D eigenvalue weighted by atomic mass is 16.7. The third-order valence-electron chi connectivity index (χ3n) is 6.48. The van der Waals surface area contributed by atoms with Crippen LogP contribution in [0.15, 0.2) is 36.4 Å². The van der Waals surface area contributed by atoms with E-state index in [1.165, 1.54) is 0 Å². The van der Waals surface area contributed by atoms with Gasteiger partial charge in [0, 0.05) is 12.8 Å². The highest BCUT2D eigenvalue weighted by Gasteiger charge is 2.36. The molecule has 32 heavy (non-hydrogen) atoms. The van der Waals surface area contributed by atoms with E-state index in [-0.39, 0.29) is 36.8 Å². The van der Waals surface area contributed by atoms with E-state index in [0.717, 1.165) is 47.8 Å². The van der Waals surface area contributed by atoms with Crippen molar-refractivity contribution >= 4 is 10.8 Å². The number of rotatable bonds is 7. The van der Waals surface area contributed by atoms with E-state index in [1.54, 1.807) is 7.11 Å². The number of aliphatic hydroxyl groups is 1. The van der Waals surface area contributed by atoms with Crippen molar-refractivity contribution in [1.82, 2.24) is 0 Å². The summed E-state index contributed by atoms with van der Waals surface area (Å²) in [6.07, 6.45) is 2.67. The van der Waals surface area contributed by atoms with Crippen molar-refractivity contribution in [2.45, 2.75) is 96.0 Å². The fourth-order valence-corrected chi connectivity index (χ4v) is 4.93. The smallest absolute Gasteiger partial charge is 0.188 e. The van der Waals surface area contributed by atoms with Gasteiger partial charge in [-0.15, -0.1) is 0 Å². The van der Waals surface area contributed by atoms with Crippen LogP contribution in [0.25, 0.3) is 10.8 Å². The first-order valence-corrected chi connectivity index (χ1v) is 11.8. The lowest BCUT2D eigenvalue weighted by molar-refractivity contribution is -0.270. The minimum atomic E-state index is -0.500. The van der Waals surface area contributed by atoms with E-state index >= 15 is 0 Å². The standard InChI is InChI=1S/C26H36O6/c1-5-19(27)13-21-15-22(31-17(3)30-21)14-20-12-16(2)29-26(32-20)25-23-9-7-6-8-18(23)10-11-24(25)28-4/h6-11,16-17,19-22,26-27H,5,12-15H2,1-4H3/t16?,17-,19?,20?,21?,22?,26+/m0/s1. The fourth-order valence-electron chi connectivity index (χ4n) is 4.93. The molecule has 2 aliphatic heterocycles. The zero-order valence-electron chi connectivity index (χ0n) is 19.5. The molecule has 2 aliphatic rings. The number of benzene rings is 2. The zero-order chi connectivity index (χ0) is 22.7. The molecule has 2 heterocycles. The lowest BCUT2D eigenvalue weighted by Crippen LogP contribution is -2.42. The molecular formula is C26H36O6. The zero-order valence-corrected chi connectivity index (χ0v) is 19.5. The molecule has 0 bridgehead atoms. The second kappa shape index (κ2) is 10.5. The van der Waals surface area contributed by atoms with Gasteiger partial charge in [0.1, 0.15) is 5.75 Å². The van der Waals surface area contributed by atoms with E-state index in [9.17, 15) is 5.11 Å². The lowest BCUT2D eigenvalue weighted by atomic mass is 9.96. The number of hydrogen-bond acceptors (Lipinski definition) is 6. The summed E-state index contributed by atoms with van der Waals surface area (Å²) in [4.78, 5) is 0. The summed E-state index contributed by atoms with van der Waals surface area (Å²) in [6.45, 7) is 6.01. The van der Waals surface area contributed by atoms with Gasteiger partial charge in [-0.2, -0.15) is 0 Å². The Balaban J connectivity index is 1.50. The number of fused-ring (bicyclic) bond motifs is 1. The molecule has 6 heteroatoms. The molecular weight excluding hydrogens is 408 g/mol. The average Bonchev–Trinajstić information content (AvgIpc) is 2.77. The van der Waals surface area contributed by atoms with E-state index in [2.05, 4.69) is 25.1 Å². The Bertz CT molecular complexity index is 886. The normalized spacial score (nSPS) is 32.0. The molecule has 2 aromatic rings. The Morgan fingerprint density at radius 3 is 2.50 bits per heavy atom. The van der Waals surface area contributed by atoms with Gasteiger partial charge in [0.2, 0.25) is 0 Å². The van der Waals surface area contributed by atoms with Crippen molar-refractivity contribution < 1.29 is 28.8 Å². The summed E-state index contributed by atoms with van der Waals surface area (Å²) in [5, 5.41) is 12.3. The van der Waals surface area contributed by atoms with Gasteiger partial charge in [0.05, 0.1) is 43.2 Å². The number of methoxy groups -OCH3 is 1. The van der Waals surface area contributed by atoms with Crippen LogP contribution < -0.4 is 4.74 Å². The largest absolute Gasteiger partial charge is 0.496 e. The van der Waals surface area contributed by atoms with E-state index in [4.69, 9.17) is 23.7 Å². The van der Waals surface area contributed by atoms with E-state index in [0.29, 0.717) is 6.42 Å². The van der Waals surface area contributed by atoms with E-state index in [1.807, 2.05) is 32.0 Å². The van der Waals surface area contributed by atoms with Crippen molar-refractivity contribution in [3.05, 3.63) is 42.0 Å². The molecule has 176 valence electrons. The molecule has 0 spiro atoms. The Labute approximate surface area is 190 Å². The first kappa shape index (κ1) is 23.5. The van der Waals surface area contributed by atoms with Crippen LogP contribution >= 0.6 is 0 Å². The average molecular weight is 445 g/mol. The summed E-state index contributed by atoms with van der Waals surface area (Å²) in [5.41, 5.74) is 0.937. The maximum Gasteiger partial charge on any atom is 0.188 e. The van der Waals surface area contributed by atoms with Crippen molar-refractivity contribution in [3.63, 3.8) is 0 Å². The van der Waals surface area contributed by atoms with Crippen molar-refractivity contribution in [3.8, 4) is 5.75 Å². The molecule has 0 radical (unpaired) electrons. The highest BCUT2D eigenvalue weighted by Crippen LogP contribution is 2.40. The van der Waals surface area contributed by atoms with Crippen LogP contribution in [0.3, 0.4) is 0 Å². The Morgan fingerprint density at radius 2 is 1.72 bits per heavy atom. The molecule has 5 unspecified atom stereocenters. The minimum absolute atomic E-state index is 0.000488. The van der Waals surface area contributed by atoms with Crippen LogP contribution in [-0.2, 0) is 18.9 Å². The number of aliphatic hydroxyl groups excluding tert-OH is 1. The molecule has 4 rings (SSSR count). The Morgan fingerprint density at radius 1 is 0.969 bits per heavy atom. The van der Waals surface area contributed by atoms with Gasteiger partial charge in [-0.25, -0.2) is 0 Å². The summed E-state index contributed by atoms with van der Waals surface area (Å²) in [5.74, 6) is 0.770. The van der Waals surface area contributed by atoms with Gasteiger partial charge < -0.3 is 28.8 Å². The molecule has 2 aromatic carbocycles. The van der Waals surface area contributed by atoms with Gasteiger partial charge in [-0.1, -0.05) is 37.3 Å². The van der Waals surface area contributed by atoms with Crippen LogP contribution in [0.4, 0.5) is 0 Å². The lowest BCUT2D eigenvalue weighted by Gasteiger charge is -2.40. The third-order valence-corrected chi connectivity index (χ3v) is 6.48. The molecule has 0 amide bonds. The topological polar surface area (TPSA) is 66.4 Å². The second-order valence-corrected chi connectivity index (χ2v) is 9.03. The predicted molar refractivity (Wildman–Crippen MR) is 123 cm³/mol. The van der Waals surface area contributed by atoms with Crippen LogP contribution in [0, 0.1) is 0 Å². The summed E-state index contributed by atoms with van der Waals surface area (Å²) in [6, 6.07) is 12.3. The summed E-state index contributed by atoms with van der Waals surface area (Å²) >= 11 is 0. The van der Waals surface area contributed by atoms with Crippen LogP contribution in [0.2, 0.25) is 0 Å². The monoisotopic (exact) mass is 444 g/mol. The molecule has 6 nitrogen and oxygen atoms in total. The quantitative estimate of drug-likeness (QED) is 0.640. The predicted octanol–water partition coefficient (Wildman–Crippen LogP) is 5.11. The third kappa shape index (κ3) is 5.43. The fraction of sp³-hybridized carbons (Fsp3) is 0.615. The van der Waals surface area contributed by atoms with Gasteiger partial charge in [-0.3, -0.25) is 0 Å². The van der Waals surface area contributed by atoms with Crippen molar-refractivity contribution in [2.75, 3.05) is 7.11 Å². The van der Waals surface area contributed by atoms with Gasteiger partial charge in [-0.05, 0) is 49.9 Å². The molecule has 7 atom stereocenters. The molecule has 2 saturated heterocycles. The molecule has 0 aliphatic carbocycles. The molecule has 1 N–H and O–H groups in total. The maximum atomic E-state index is 10.1. The SMILES string of the molecule is CCC(O)CC1CC(CC2CC(C)O[C@@H](c3c(OC)ccc4ccccc34)O2)O[C@@H](C)O1. The highest BCUT2D eigenvalue weighted by molar-refractivity contribution is 5.88. The van der Waals surface area contributed by atoms with Crippen LogP contribution in [-0.4, -0.2) is 49.0 Å². The Hall–Kier alpha value is -1.70. The van der Waals surface area contributed by atoms with Crippen LogP contribution in [0.1, 0.15) is 64.7 Å². The summed E-state index contributed by atoms with van der Waals surface area (Å²) in [7, 11) is 1.68. The van der Waals surface area contributed by atoms with Gasteiger partial charge in [0.25, 0.3) is 0 Å². The van der Waals surface area contributed by atoms with Crippen LogP contribution in [0.5, 0.6) is 5.75 Å². The van der Waals surface area contributed by atoms with Crippen molar-refractivity contribution in [2.24, 2.45) is 0 Å². The summed E-state index contributed by atoms with van der Waals surface area (Å²) < 4.78 is 30.4. The van der Waals surface area contributed by atoms with Gasteiger partial charge in [0.15, 0.2) is 12.6 Å². The van der Waals surface area contributed by atoms with Gasteiger partial charge >= 0.3 is 0 Å². The minimum Gasteiger partial charge on any atom is -0.496 e. The maximum absolute atomic E-state index is 10.1. The number of ether oxygens (including phenoxy) is 5. The van der Waals surface area contributed by atoms with E-state index < -0.39 is 6.29 Å². The molecule has 0 aromatic heterocycles. The van der Waals surface area contributed by atoms with Crippen molar-refractivity contribution in [1.29, 1.82) is 0 Å². The molecule has 0 saturated carbocycles. The number of hydrogen-bond donors (Lipinski definition) is 1.